The van der Waals surface area contributed by atoms with E-state index in [1.165, 1.54) is 12.1 Å². The molecule has 0 unspecified atom stereocenters. The van der Waals surface area contributed by atoms with E-state index in [-0.39, 0.29) is 23.1 Å². The number of anilines is 1. The van der Waals surface area contributed by atoms with E-state index in [0.29, 0.717) is 13.2 Å². The zero-order chi connectivity index (χ0) is 17.9. The molecule has 24 heavy (non-hydrogen) atoms. The van der Waals surface area contributed by atoms with E-state index in [9.17, 15) is 14.0 Å². The number of halogens is 1. The van der Waals surface area contributed by atoms with Crippen LogP contribution in [-0.2, 0) is 14.3 Å². The molecule has 2 rings (SSSR count). The van der Waals surface area contributed by atoms with Gasteiger partial charge < -0.3 is 15.4 Å². The summed E-state index contributed by atoms with van der Waals surface area (Å²) in [5.74, 6) is -2.04. The molecule has 1 heterocycles. The van der Waals surface area contributed by atoms with E-state index in [1.54, 1.807) is 13.0 Å². The number of aryl methyl sites for hydroxylation is 1. The van der Waals surface area contributed by atoms with Crippen molar-refractivity contribution in [1.82, 2.24) is 5.32 Å². The minimum absolute atomic E-state index is 0.00230. The van der Waals surface area contributed by atoms with Crippen LogP contribution in [0.15, 0.2) is 18.2 Å². The molecule has 0 bridgehead atoms. The number of carbonyl (C=O) groups excluding carboxylic acids is 2. The van der Waals surface area contributed by atoms with Gasteiger partial charge in [0.2, 0.25) is 0 Å². The molecule has 1 aliphatic heterocycles. The van der Waals surface area contributed by atoms with Crippen LogP contribution >= 0.6 is 0 Å². The maximum atomic E-state index is 13.7. The molecule has 0 aliphatic carbocycles. The lowest BCUT2D eigenvalue weighted by molar-refractivity contribution is -0.136. The van der Waals surface area contributed by atoms with Gasteiger partial charge in [0, 0.05) is 19.1 Å². The first kappa shape index (κ1) is 18.4. The first-order valence-corrected chi connectivity index (χ1v) is 8.15. The molecule has 5 nitrogen and oxygen atoms in total. The summed E-state index contributed by atoms with van der Waals surface area (Å²) >= 11 is 0. The topological polar surface area (TPSA) is 67.4 Å². The van der Waals surface area contributed by atoms with Crippen molar-refractivity contribution in [3.05, 3.63) is 29.6 Å². The number of hydrogen-bond donors (Lipinski definition) is 2. The van der Waals surface area contributed by atoms with Gasteiger partial charge in [0.15, 0.2) is 0 Å². The predicted octanol–water partition coefficient (Wildman–Crippen LogP) is 2.64. The lowest BCUT2D eigenvalue weighted by Gasteiger charge is -2.31. The van der Waals surface area contributed by atoms with E-state index in [1.807, 2.05) is 0 Å². The average molecular weight is 336 g/mol. The fraction of sp³-hybridized carbons (Fsp3) is 0.556. The first-order chi connectivity index (χ1) is 11.2. The van der Waals surface area contributed by atoms with Gasteiger partial charge in [-0.3, -0.25) is 9.59 Å². The van der Waals surface area contributed by atoms with Crippen LogP contribution in [0.25, 0.3) is 0 Å². The van der Waals surface area contributed by atoms with E-state index in [2.05, 4.69) is 31.4 Å². The predicted molar refractivity (Wildman–Crippen MR) is 90.1 cm³/mol. The van der Waals surface area contributed by atoms with Gasteiger partial charge in [-0.1, -0.05) is 26.8 Å². The maximum absolute atomic E-state index is 13.7. The highest BCUT2D eigenvalue weighted by Crippen LogP contribution is 2.34. The van der Waals surface area contributed by atoms with Gasteiger partial charge >= 0.3 is 11.8 Å². The molecule has 1 aromatic rings. The third-order valence-corrected chi connectivity index (χ3v) is 4.17. The molecule has 2 atom stereocenters. The minimum atomic E-state index is -0.871. The van der Waals surface area contributed by atoms with Crippen LogP contribution in [0.1, 0.15) is 32.8 Å². The van der Waals surface area contributed by atoms with E-state index in [4.69, 9.17) is 4.74 Å². The van der Waals surface area contributed by atoms with E-state index >= 15 is 0 Å². The third kappa shape index (κ3) is 4.54. The van der Waals surface area contributed by atoms with Gasteiger partial charge in [-0.2, -0.15) is 0 Å². The molecule has 1 aliphatic rings. The van der Waals surface area contributed by atoms with Crippen LogP contribution in [0.5, 0.6) is 0 Å². The first-order valence-electron chi connectivity index (χ1n) is 8.15. The van der Waals surface area contributed by atoms with Gasteiger partial charge in [-0.05, 0) is 36.5 Å². The van der Waals surface area contributed by atoms with Crippen LogP contribution in [0.4, 0.5) is 10.1 Å². The van der Waals surface area contributed by atoms with Gasteiger partial charge in [0.05, 0.1) is 11.8 Å². The molecule has 132 valence electrons. The third-order valence-electron chi connectivity index (χ3n) is 4.17. The highest BCUT2D eigenvalue weighted by atomic mass is 19.1. The molecule has 0 radical (unpaired) electrons. The van der Waals surface area contributed by atoms with Crippen molar-refractivity contribution in [2.75, 3.05) is 18.5 Å². The maximum Gasteiger partial charge on any atom is 0.313 e. The summed E-state index contributed by atoms with van der Waals surface area (Å²) in [6.45, 7) is 9.03. The Kier molecular flexibility index (Phi) is 5.59. The molecule has 2 amide bonds. The quantitative estimate of drug-likeness (QED) is 0.834. The van der Waals surface area contributed by atoms with Crippen LogP contribution in [0.2, 0.25) is 0 Å². The van der Waals surface area contributed by atoms with Gasteiger partial charge in [-0.25, -0.2) is 4.39 Å². The Balaban J connectivity index is 1.89. The number of ether oxygens (including phenoxy) is 1. The van der Waals surface area contributed by atoms with Crippen LogP contribution < -0.4 is 10.6 Å². The van der Waals surface area contributed by atoms with Crippen molar-refractivity contribution in [3.8, 4) is 0 Å². The Bertz CT molecular complexity index is 625. The molecule has 0 saturated carbocycles. The molecule has 1 saturated heterocycles. The Morgan fingerprint density at radius 1 is 1.29 bits per heavy atom. The number of amides is 2. The van der Waals surface area contributed by atoms with Crippen molar-refractivity contribution in [2.45, 2.75) is 40.2 Å². The van der Waals surface area contributed by atoms with Crippen LogP contribution in [-0.4, -0.2) is 31.1 Å². The zero-order valence-corrected chi connectivity index (χ0v) is 14.6. The summed E-state index contributed by atoms with van der Waals surface area (Å²) in [4.78, 5) is 23.9. The second-order valence-corrected chi connectivity index (χ2v) is 7.35. The fourth-order valence-corrected chi connectivity index (χ4v) is 3.00. The lowest BCUT2D eigenvalue weighted by Crippen LogP contribution is -2.42. The van der Waals surface area contributed by atoms with Gasteiger partial charge in [0.1, 0.15) is 5.82 Å². The summed E-state index contributed by atoms with van der Waals surface area (Å²) in [6.07, 6.45) is 0.881. The van der Waals surface area contributed by atoms with Crippen molar-refractivity contribution in [1.29, 1.82) is 0 Å². The summed E-state index contributed by atoms with van der Waals surface area (Å²) in [5, 5.41) is 4.92. The average Bonchev–Trinajstić information content (AvgIpc) is 2.96. The highest BCUT2D eigenvalue weighted by molar-refractivity contribution is 6.39. The van der Waals surface area contributed by atoms with E-state index < -0.39 is 17.6 Å². The zero-order valence-electron chi connectivity index (χ0n) is 14.6. The standard InChI is InChI=1S/C18H25FN2O3/c1-11-5-6-14(13(19)9-11)21-17(23)16(22)20-10-12-7-8-24-15(12)18(2,3)4/h5-6,9,12,15H,7-8,10H2,1-4H3,(H,20,22)(H,21,23)/t12-,15+/m0/s1. The molecule has 0 spiro atoms. The highest BCUT2D eigenvalue weighted by Gasteiger charge is 2.37. The summed E-state index contributed by atoms with van der Waals surface area (Å²) in [5.41, 5.74) is 0.709. The summed E-state index contributed by atoms with van der Waals surface area (Å²) in [6, 6.07) is 4.41. The van der Waals surface area contributed by atoms with E-state index in [0.717, 1.165) is 12.0 Å². The number of benzene rings is 1. The fourth-order valence-electron chi connectivity index (χ4n) is 3.00. The Labute approximate surface area is 142 Å². The molecule has 6 heteroatoms. The smallest absolute Gasteiger partial charge is 0.313 e. The van der Waals surface area contributed by atoms with Crippen molar-refractivity contribution < 1.29 is 18.7 Å². The second-order valence-electron chi connectivity index (χ2n) is 7.35. The Morgan fingerprint density at radius 3 is 2.62 bits per heavy atom. The Hall–Kier alpha value is -1.95. The van der Waals surface area contributed by atoms with Crippen molar-refractivity contribution >= 4 is 17.5 Å². The van der Waals surface area contributed by atoms with Crippen LogP contribution in [0, 0.1) is 24.1 Å². The Morgan fingerprint density at radius 2 is 2.00 bits per heavy atom. The number of nitrogens with one attached hydrogen (secondary N) is 2. The second kappa shape index (κ2) is 7.30. The molecule has 0 aromatic heterocycles. The van der Waals surface area contributed by atoms with Crippen molar-refractivity contribution in [2.24, 2.45) is 11.3 Å². The van der Waals surface area contributed by atoms with Gasteiger partial charge in [0.25, 0.3) is 0 Å². The number of hydrogen-bond acceptors (Lipinski definition) is 3. The SMILES string of the molecule is Cc1ccc(NC(=O)C(=O)NC[C@@H]2CCO[C@H]2C(C)(C)C)c(F)c1. The molecular formula is C18H25FN2O3. The molecule has 2 N–H and O–H groups in total. The summed E-state index contributed by atoms with van der Waals surface area (Å²) < 4.78 is 19.5. The molecular weight excluding hydrogens is 311 g/mol. The minimum Gasteiger partial charge on any atom is -0.377 e. The largest absolute Gasteiger partial charge is 0.377 e. The number of carbonyl (C=O) groups is 2. The van der Waals surface area contributed by atoms with Crippen LogP contribution in [0.3, 0.4) is 0 Å². The van der Waals surface area contributed by atoms with Gasteiger partial charge in [-0.15, -0.1) is 0 Å². The normalized spacial score (nSPS) is 20.7. The number of rotatable bonds is 3. The lowest BCUT2D eigenvalue weighted by atomic mass is 9.81. The molecule has 1 fully saturated rings. The van der Waals surface area contributed by atoms with Crippen molar-refractivity contribution in [3.63, 3.8) is 0 Å². The molecule has 1 aromatic carbocycles. The summed E-state index contributed by atoms with van der Waals surface area (Å²) in [7, 11) is 0. The monoisotopic (exact) mass is 336 g/mol.